The van der Waals surface area contributed by atoms with Crippen molar-refractivity contribution in [1.29, 1.82) is 0 Å². The molecule has 0 saturated heterocycles. The maximum atomic E-state index is 10.9. The van der Waals surface area contributed by atoms with E-state index in [-0.39, 0.29) is 12.5 Å². The number of urea groups is 1. The quantitative estimate of drug-likeness (QED) is 0.389. The second-order valence-electron chi connectivity index (χ2n) is 3.00. The van der Waals surface area contributed by atoms with Gasteiger partial charge < -0.3 is 15.8 Å². The number of carbonyl (C=O) groups excluding carboxylic acids is 3. The van der Waals surface area contributed by atoms with Crippen LogP contribution in [0.25, 0.3) is 0 Å². The number of esters is 1. The number of rotatable bonds is 7. The summed E-state index contributed by atoms with van der Waals surface area (Å²) < 4.78 is 4.71. The molecule has 0 aromatic heterocycles. The van der Waals surface area contributed by atoms with Crippen LogP contribution >= 0.6 is 0 Å². The summed E-state index contributed by atoms with van der Waals surface area (Å²) in [4.78, 5) is 32.0. The van der Waals surface area contributed by atoms with Crippen LogP contribution in [0.2, 0.25) is 0 Å². The molecular weight excluding hydrogens is 214 g/mol. The Morgan fingerprint density at radius 2 is 2.00 bits per heavy atom. The molecule has 0 aromatic carbocycles. The normalized spacial score (nSPS) is 9.56. The maximum absolute atomic E-state index is 10.9. The molecule has 0 radical (unpaired) electrons. The van der Waals surface area contributed by atoms with Gasteiger partial charge in [0.1, 0.15) is 0 Å². The monoisotopic (exact) mass is 231 g/mol. The third-order valence-corrected chi connectivity index (χ3v) is 1.59. The summed E-state index contributed by atoms with van der Waals surface area (Å²) in [6.45, 7) is 2.59. The average Bonchev–Trinajstić information content (AvgIpc) is 2.16. The Labute approximate surface area is 93.7 Å². The largest absolute Gasteiger partial charge is 0.466 e. The van der Waals surface area contributed by atoms with Crippen molar-refractivity contribution in [1.82, 2.24) is 10.6 Å². The Hall–Kier alpha value is -1.63. The van der Waals surface area contributed by atoms with Crippen LogP contribution in [0.15, 0.2) is 0 Å². The number of imide groups is 1. The molecule has 0 saturated carbocycles. The van der Waals surface area contributed by atoms with E-state index in [2.05, 4.69) is 5.32 Å². The van der Waals surface area contributed by atoms with Crippen LogP contribution in [0.1, 0.15) is 19.8 Å². The van der Waals surface area contributed by atoms with E-state index in [4.69, 9.17) is 10.5 Å². The number of primary amides is 1. The van der Waals surface area contributed by atoms with Gasteiger partial charge in [0.2, 0.25) is 5.91 Å². The second kappa shape index (κ2) is 8.66. The zero-order chi connectivity index (χ0) is 12.4. The van der Waals surface area contributed by atoms with Gasteiger partial charge >= 0.3 is 12.0 Å². The molecule has 0 aromatic rings. The predicted octanol–water partition coefficient (Wildman–Crippen LogP) is -0.886. The molecule has 0 rings (SSSR count). The van der Waals surface area contributed by atoms with Crippen LogP contribution in [0.3, 0.4) is 0 Å². The van der Waals surface area contributed by atoms with Crippen molar-refractivity contribution in [2.24, 2.45) is 5.73 Å². The van der Waals surface area contributed by atoms with Crippen LogP contribution in [0.5, 0.6) is 0 Å². The Bertz CT molecular complexity index is 255. The lowest BCUT2D eigenvalue weighted by atomic mass is 10.3. The fraction of sp³-hybridized carbons (Fsp3) is 0.667. The minimum absolute atomic E-state index is 0.00817. The first-order valence-corrected chi connectivity index (χ1v) is 5.02. The van der Waals surface area contributed by atoms with Gasteiger partial charge in [-0.25, -0.2) is 4.79 Å². The smallest absolute Gasteiger partial charge is 0.318 e. The number of carbonyl (C=O) groups is 3. The number of nitrogens with one attached hydrogen (secondary N) is 2. The molecule has 0 unspecified atom stereocenters. The van der Waals surface area contributed by atoms with Crippen LogP contribution in [-0.2, 0) is 14.3 Å². The SMILES string of the molecule is CCOC(=O)CCCNCC(=O)NC(N)=O. The van der Waals surface area contributed by atoms with Gasteiger partial charge in [-0.15, -0.1) is 0 Å². The minimum Gasteiger partial charge on any atom is -0.466 e. The van der Waals surface area contributed by atoms with Crippen molar-refractivity contribution >= 4 is 17.9 Å². The topological polar surface area (TPSA) is 111 Å². The first-order valence-electron chi connectivity index (χ1n) is 5.02. The predicted molar refractivity (Wildman–Crippen MR) is 56.5 cm³/mol. The highest BCUT2D eigenvalue weighted by Crippen LogP contribution is 1.90. The fourth-order valence-corrected chi connectivity index (χ4v) is 0.974. The number of nitrogens with two attached hydrogens (primary N) is 1. The highest BCUT2D eigenvalue weighted by molar-refractivity contribution is 5.94. The highest BCUT2D eigenvalue weighted by atomic mass is 16.5. The van der Waals surface area contributed by atoms with Gasteiger partial charge in [0.05, 0.1) is 13.2 Å². The number of hydrogen-bond donors (Lipinski definition) is 3. The van der Waals surface area contributed by atoms with E-state index in [1.165, 1.54) is 0 Å². The zero-order valence-corrected chi connectivity index (χ0v) is 9.25. The molecule has 3 amide bonds. The van der Waals surface area contributed by atoms with Crippen molar-refractivity contribution in [2.75, 3.05) is 19.7 Å². The summed E-state index contributed by atoms with van der Waals surface area (Å²) in [5.41, 5.74) is 4.74. The van der Waals surface area contributed by atoms with Gasteiger partial charge in [-0.3, -0.25) is 14.9 Å². The molecule has 7 heteroatoms. The molecule has 0 spiro atoms. The van der Waals surface area contributed by atoms with E-state index < -0.39 is 11.9 Å². The first kappa shape index (κ1) is 14.4. The van der Waals surface area contributed by atoms with E-state index in [1.807, 2.05) is 5.32 Å². The molecular formula is C9H17N3O4. The molecule has 0 atom stereocenters. The van der Waals surface area contributed by atoms with Crippen molar-refractivity contribution < 1.29 is 19.1 Å². The lowest BCUT2D eigenvalue weighted by Crippen LogP contribution is -2.40. The number of hydrogen-bond acceptors (Lipinski definition) is 5. The maximum Gasteiger partial charge on any atom is 0.318 e. The van der Waals surface area contributed by atoms with Gasteiger partial charge in [0.25, 0.3) is 0 Å². The van der Waals surface area contributed by atoms with Crippen LogP contribution in [0, 0.1) is 0 Å². The molecule has 92 valence electrons. The molecule has 0 bridgehead atoms. The van der Waals surface area contributed by atoms with Crippen LogP contribution < -0.4 is 16.4 Å². The van der Waals surface area contributed by atoms with Crippen molar-refractivity contribution in [3.05, 3.63) is 0 Å². The standard InChI is InChI=1S/C9H17N3O4/c1-2-16-8(14)4-3-5-11-6-7(13)12-9(10)15/h11H,2-6H2,1H3,(H3,10,12,13,15). The zero-order valence-electron chi connectivity index (χ0n) is 9.25. The van der Waals surface area contributed by atoms with E-state index in [0.717, 1.165) is 0 Å². The van der Waals surface area contributed by atoms with Gasteiger partial charge in [-0.1, -0.05) is 0 Å². The Morgan fingerprint density at radius 3 is 2.56 bits per heavy atom. The van der Waals surface area contributed by atoms with Crippen molar-refractivity contribution in [3.8, 4) is 0 Å². The van der Waals surface area contributed by atoms with Gasteiger partial charge in [-0.05, 0) is 19.9 Å². The Morgan fingerprint density at radius 1 is 1.31 bits per heavy atom. The van der Waals surface area contributed by atoms with Crippen LogP contribution in [0.4, 0.5) is 4.79 Å². The van der Waals surface area contributed by atoms with E-state index >= 15 is 0 Å². The third kappa shape index (κ3) is 8.95. The van der Waals surface area contributed by atoms with Crippen LogP contribution in [-0.4, -0.2) is 37.6 Å². The molecule has 0 aliphatic carbocycles. The lowest BCUT2D eigenvalue weighted by molar-refractivity contribution is -0.143. The molecule has 0 heterocycles. The number of ether oxygens (including phenoxy) is 1. The van der Waals surface area contributed by atoms with Gasteiger partial charge in [-0.2, -0.15) is 0 Å². The lowest BCUT2D eigenvalue weighted by Gasteiger charge is -2.04. The summed E-state index contributed by atoms with van der Waals surface area (Å²) in [7, 11) is 0. The third-order valence-electron chi connectivity index (χ3n) is 1.59. The summed E-state index contributed by atoms with van der Waals surface area (Å²) in [6.07, 6.45) is 0.876. The number of amides is 3. The Kier molecular flexibility index (Phi) is 7.78. The van der Waals surface area contributed by atoms with Crippen molar-refractivity contribution in [2.45, 2.75) is 19.8 Å². The average molecular weight is 231 g/mol. The summed E-state index contributed by atoms with van der Waals surface area (Å²) in [6, 6.07) is -0.877. The summed E-state index contributed by atoms with van der Waals surface area (Å²) in [5.74, 6) is -0.755. The van der Waals surface area contributed by atoms with E-state index in [9.17, 15) is 14.4 Å². The first-order chi connectivity index (χ1) is 7.56. The molecule has 7 nitrogen and oxygen atoms in total. The molecule has 16 heavy (non-hydrogen) atoms. The van der Waals surface area contributed by atoms with E-state index in [1.54, 1.807) is 6.92 Å². The molecule has 0 fully saturated rings. The molecule has 0 aliphatic rings. The van der Waals surface area contributed by atoms with E-state index in [0.29, 0.717) is 26.0 Å². The molecule has 0 aliphatic heterocycles. The van der Waals surface area contributed by atoms with Gasteiger partial charge in [0, 0.05) is 6.42 Å². The van der Waals surface area contributed by atoms with Gasteiger partial charge in [0.15, 0.2) is 0 Å². The summed E-state index contributed by atoms with van der Waals surface area (Å²) in [5, 5.41) is 4.67. The summed E-state index contributed by atoms with van der Waals surface area (Å²) >= 11 is 0. The highest BCUT2D eigenvalue weighted by Gasteiger charge is 2.04. The minimum atomic E-state index is -0.877. The fourth-order valence-electron chi connectivity index (χ4n) is 0.974. The molecule has 4 N–H and O–H groups in total. The second-order valence-corrected chi connectivity index (χ2v) is 3.00. The Balaban J connectivity index is 3.36. The van der Waals surface area contributed by atoms with Crippen molar-refractivity contribution in [3.63, 3.8) is 0 Å².